The minimum atomic E-state index is -0.334. The van der Waals surface area contributed by atoms with Crippen LogP contribution < -0.4 is 4.74 Å². The van der Waals surface area contributed by atoms with E-state index < -0.39 is 0 Å². The molecule has 1 aliphatic heterocycles. The summed E-state index contributed by atoms with van der Waals surface area (Å²) < 4.78 is 10.5. The van der Waals surface area contributed by atoms with Gasteiger partial charge in [-0.3, -0.25) is 19.7 Å². The van der Waals surface area contributed by atoms with Crippen molar-refractivity contribution < 1.29 is 14.3 Å². The third-order valence-electron chi connectivity index (χ3n) is 5.78. The maximum atomic E-state index is 12.6. The fraction of sp³-hybridized carbons (Fsp3) is 0.333. The predicted octanol–water partition coefficient (Wildman–Crippen LogP) is 3.39. The summed E-state index contributed by atoms with van der Waals surface area (Å²) in [4.78, 5) is 28.3. The fourth-order valence-electron chi connectivity index (χ4n) is 4.43. The summed E-state index contributed by atoms with van der Waals surface area (Å²) in [7, 11) is 3.05. The van der Waals surface area contributed by atoms with Gasteiger partial charge in [0.05, 0.1) is 26.0 Å². The number of hydrogen-bond acceptors (Lipinski definition) is 7. The monoisotopic (exact) mass is 418 g/mol. The van der Waals surface area contributed by atoms with E-state index in [1.807, 2.05) is 42.7 Å². The average Bonchev–Trinajstić information content (AvgIpc) is 3.32. The predicted molar refractivity (Wildman–Crippen MR) is 116 cm³/mol. The number of carbonyl (C=O) groups excluding carboxylic acids is 1. The number of nitrogens with zero attached hydrogens (tertiary/aromatic N) is 4. The van der Waals surface area contributed by atoms with E-state index in [0.717, 1.165) is 36.2 Å². The minimum Gasteiger partial charge on any atom is -0.481 e. The molecule has 2 unspecified atom stereocenters. The van der Waals surface area contributed by atoms with Gasteiger partial charge in [-0.1, -0.05) is 18.2 Å². The highest BCUT2D eigenvalue weighted by molar-refractivity contribution is 5.76. The topological polar surface area (TPSA) is 77.4 Å². The second kappa shape index (κ2) is 9.66. The highest BCUT2D eigenvalue weighted by Gasteiger charge is 2.42. The Kier molecular flexibility index (Phi) is 6.52. The summed E-state index contributed by atoms with van der Waals surface area (Å²) in [6.45, 7) is 0.764. The van der Waals surface area contributed by atoms with Crippen molar-refractivity contribution in [2.24, 2.45) is 0 Å². The number of methoxy groups -OCH3 is 2. The zero-order chi connectivity index (χ0) is 21.6. The zero-order valence-corrected chi connectivity index (χ0v) is 17.7. The number of pyridine rings is 3. The first-order valence-electron chi connectivity index (χ1n) is 10.4. The van der Waals surface area contributed by atoms with Crippen LogP contribution in [0.1, 0.15) is 41.6 Å². The summed E-state index contributed by atoms with van der Waals surface area (Å²) in [5, 5.41) is 0. The van der Waals surface area contributed by atoms with Crippen LogP contribution in [0.15, 0.2) is 67.3 Å². The second-order valence-electron chi connectivity index (χ2n) is 7.52. The molecule has 31 heavy (non-hydrogen) atoms. The van der Waals surface area contributed by atoms with Crippen LogP contribution in [0.5, 0.6) is 5.88 Å². The molecule has 3 aromatic rings. The first kappa shape index (κ1) is 20.9. The zero-order valence-electron chi connectivity index (χ0n) is 17.7. The van der Waals surface area contributed by atoms with Gasteiger partial charge in [-0.25, -0.2) is 4.98 Å². The molecule has 160 valence electrons. The first-order valence-corrected chi connectivity index (χ1v) is 10.4. The van der Waals surface area contributed by atoms with Gasteiger partial charge in [0.15, 0.2) is 0 Å². The van der Waals surface area contributed by atoms with E-state index in [4.69, 9.17) is 14.5 Å². The second-order valence-corrected chi connectivity index (χ2v) is 7.52. The molecule has 4 rings (SSSR count). The van der Waals surface area contributed by atoms with Gasteiger partial charge in [0.1, 0.15) is 6.04 Å². The molecule has 0 radical (unpaired) electrons. The Morgan fingerprint density at radius 1 is 1.03 bits per heavy atom. The van der Waals surface area contributed by atoms with Crippen LogP contribution in [-0.4, -0.2) is 52.6 Å². The number of esters is 1. The van der Waals surface area contributed by atoms with E-state index in [-0.39, 0.29) is 24.0 Å². The van der Waals surface area contributed by atoms with Crippen LogP contribution in [0.2, 0.25) is 0 Å². The van der Waals surface area contributed by atoms with E-state index in [1.54, 1.807) is 19.5 Å². The molecule has 0 amide bonds. The normalized spacial score (nSPS) is 17.5. The van der Waals surface area contributed by atoms with Crippen LogP contribution in [0.25, 0.3) is 0 Å². The molecule has 0 bridgehead atoms. The molecule has 0 aromatic carbocycles. The van der Waals surface area contributed by atoms with Gasteiger partial charge in [-0.05, 0) is 48.7 Å². The first-order chi connectivity index (χ1) is 15.2. The van der Waals surface area contributed by atoms with Crippen molar-refractivity contribution in [1.82, 2.24) is 19.9 Å². The Bertz CT molecular complexity index is 960. The van der Waals surface area contributed by atoms with Crippen molar-refractivity contribution >= 4 is 5.97 Å². The Hall–Kier alpha value is -3.32. The summed E-state index contributed by atoms with van der Waals surface area (Å²) >= 11 is 0. The van der Waals surface area contributed by atoms with E-state index in [2.05, 4.69) is 27.0 Å². The third kappa shape index (κ3) is 4.41. The van der Waals surface area contributed by atoms with Gasteiger partial charge in [0.2, 0.25) is 5.88 Å². The molecule has 0 aliphatic carbocycles. The Labute approximate surface area is 182 Å². The van der Waals surface area contributed by atoms with Gasteiger partial charge in [0, 0.05) is 36.8 Å². The van der Waals surface area contributed by atoms with Gasteiger partial charge in [-0.2, -0.15) is 0 Å². The molecule has 3 aromatic heterocycles. The number of ether oxygens (including phenoxy) is 2. The molecule has 1 aliphatic rings. The van der Waals surface area contributed by atoms with Crippen molar-refractivity contribution in [2.75, 3.05) is 20.8 Å². The molecule has 1 saturated heterocycles. The lowest BCUT2D eigenvalue weighted by Crippen LogP contribution is -2.42. The summed E-state index contributed by atoms with van der Waals surface area (Å²) in [5.74, 6) is 0.182. The molecule has 0 saturated carbocycles. The number of aromatic nitrogens is 3. The number of rotatable bonds is 7. The quantitative estimate of drug-likeness (QED) is 0.544. The van der Waals surface area contributed by atoms with Crippen LogP contribution >= 0.6 is 0 Å². The largest absolute Gasteiger partial charge is 0.481 e. The molecule has 0 N–H and O–H groups in total. The molecule has 7 heteroatoms. The lowest BCUT2D eigenvalue weighted by atomic mass is 9.83. The van der Waals surface area contributed by atoms with Crippen molar-refractivity contribution in [3.05, 3.63) is 84.1 Å². The average molecular weight is 418 g/mol. The Morgan fingerprint density at radius 2 is 1.74 bits per heavy atom. The van der Waals surface area contributed by atoms with Crippen molar-refractivity contribution in [2.45, 2.75) is 30.8 Å². The van der Waals surface area contributed by atoms with Gasteiger partial charge in [-0.15, -0.1) is 0 Å². The molecular formula is C24H26N4O3. The fourth-order valence-corrected chi connectivity index (χ4v) is 4.43. The molecule has 4 heterocycles. The smallest absolute Gasteiger partial charge is 0.323 e. The van der Waals surface area contributed by atoms with Gasteiger partial charge < -0.3 is 9.47 Å². The van der Waals surface area contributed by atoms with E-state index in [9.17, 15) is 4.79 Å². The molecular weight excluding hydrogens is 392 g/mol. The summed E-state index contributed by atoms with van der Waals surface area (Å²) in [6, 6.07) is 13.1. The van der Waals surface area contributed by atoms with Crippen molar-refractivity contribution in [3.63, 3.8) is 0 Å². The van der Waals surface area contributed by atoms with Gasteiger partial charge in [0.25, 0.3) is 0 Å². The molecule has 1 fully saturated rings. The Morgan fingerprint density at radius 3 is 2.32 bits per heavy atom. The van der Waals surface area contributed by atoms with Crippen molar-refractivity contribution in [3.8, 4) is 5.88 Å². The third-order valence-corrected chi connectivity index (χ3v) is 5.78. The highest BCUT2D eigenvalue weighted by Crippen LogP contribution is 2.43. The van der Waals surface area contributed by atoms with Crippen LogP contribution in [0.3, 0.4) is 0 Å². The molecule has 2 atom stereocenters. The Balaban J connectivity index is 1.89. The minimum absolute atomic E-state index is 0.132. The lowest BCUT2D eigenvalue weighted by Gasteiger charge is -2.37. The molecule has 7 nitrogen and oxygen atoms in total. The number of carbonyl (C=O) groups is 1. The van der Waals surface area contributed by atoms with Crippen LogP contribution in [-0.2, 0) is 9.53 Å². The number of likely N-dealkylation sites (tertiary alicyclic amines) is 1. The standard InChI is InChI=1S/C24H26N4O3/c1-30-21-11-3-9-19(27-21)23(28-14-6-10-20(28)24(29)31-2)22(17-7-4-12-25-15-17)18-8-5-13-26-16-18/h3-5,7-9,11-13,15-16,20,22-23H,6,10,14H2,1-2H3. The number of hydrogen-bond donors (Lipinski definition) is 0. The van der Waals surface area contributed by atoms with E-state index in [1.165, 1.54) is 7.11 Å². The maximum absolute atomic E-state index is 12.6. The lowest BCUT2D eigenvalue weighted by molar-refractivity contribution is -0.146. The molecule has 0 spiro atoms. The van der Waals surface area contributed by atoms with Crippen LogP contribution in [0, 0.1) is 0 Å². The van der Waals surface area contributed by atoms with E-state index in [0.29, 0.717) is 5.88 Å². The SMILES string of the molecule is COC(=O)C1CCCN1C(c1cccc(OC)n1)C(c1cccnc1)c1cccnc1. The summed E-state index contributed by atoms with van der Waals surface area (Å²) in [5.41, 5.74) is 2.88. The maximum Gasteiger partial charge on any atom is 0.323 e. The highest BCUT2D eigenvalue weighted by atomic mass is 16.5. The van der Waals surface area contributed by atoms with Gasteiger partial charge >= 0.3 is 5.97 Å². The van der Waals surface area contributed by atoms with E-state index >= 15 is 0 Å². The van der Waals surface area contributed by atoms with Crippen molar-refractivity contribution in [1.29, 1.82) is 0 Å². The van der Waals surface area contributed by atoms with Crippen LogP contribution in [0.4, 0.5) is 0 Å². The summed E-state index contributed by atoms with van der Waals surface area (Å²) in [6.07, 6.45) is 8.92.